The molecule has 6 nitrogen and oxygen atoms in total. The van der Waals surface area contributed by atoms with Crippen molar-refractivity contribution in [2.24, 2.45) is 11.3 Å². The second-order valence-electron chi connectivity index (χ2n) is 10.1. The number of fused-ring (bicyclic) bond motifs is 1. The van der Waals surface area contributed by atoms with Crippen molar-refractivity contribution in [3.8, 4) is 11.8 Å². The Bertz CT molecular complexity index is 1200. The van der Waals surface area contributed by atoms with Gasteiger partial charge in [-0.05, 0) is 53.6 Å². The van der Waals surface area contributed by atoms with E-state index in [2.05, 4.69) is 22.3 Å². The van der Waals surface area contributed by atoms with Crippen molar-refractivity contribution >= 4 is 11.6 Å². The largest absolute Gasteiger partial charge is 0.493 e. The lowest BCUT2D eigenvalue weighted by Gasteiger charge is -2.43. The topological polar surface area (TPSA) is 68.6 Å². The molecule has 0 bridgehead atoms. The minimum Gasteiger partial charge on any atom is -0.493 e. The molecule has 9 heteroatoms. The number of nitrogens with one attached hydrogen (secondary N) is 1. The Balaban J connectivity index is 1.32. The number of benzene rings is 2. The Kier molecular flexibility index (Phi) is 6.33. The molecular weight excluding hydrogens is 469 g/mol. The third-order valence-corrected chi connectivity index (χ3v) is 7.99. The van der Waals surface area contributed by atoms with Crippen molar-refractivity contribution in [2.45, 2.75) is 32.0 Å². The van der Waals surface area contributed by atoms with Crippen LogP contribution < -0.4 is 15.0 Å². The van der Waals surface area contributed by atoms with Crippen LogP contribution in [0, 0.1) is 22.7 Å². The first-order valence-corrected chi connectivity index (χ1v) is 12.3. The molecule has 1 spiro atoms. The van der Waals surface area contributed by atoms with Crippen LogP contribution in [0.5, 0.6) is 5.75 Å². The van der Waals surface area contributed by atoms with Gasteiger partial charge in [-0.3, -0.25) is 9.69 Å². The van der Waals surface area contributed by atoms with Crippen LogP contribution in [-0.4, -0.2) is 50.6 Å². The maximum Gasteiger partial charge on any atom is 0.417 e. The second-order valence-corrected chi connectivity index (χ2v) is 10.1. The average Bonchev–Trinajstić information content (AvgIpc) is 3.47. The maximum atomic E-state index is 13.5. The van der Waals surface area contributed by atoms with Crippen molar-refractivity contribution in [2.75, 3.05) is 44.7 Å². The van der Waals surface area contributed by atoms with E-state index < -0.39 is 11.7 Å². The van der Waals surface area contributed by atoms with Gasteiger partial charge in [-0.25, -0.2) is 0 Å². The summed E-state index contributed by atoms with van der Waals surface area (Å²) < 4.78 is 46.0. The summed E-state index contributed by atoms with van der Waals surface area (Å²) in [6, 6.07) is 11.8. The smallest absolute Gasteiger partial charge is 0.417 e. The molecule has 1 atom stereocenters. The van der Waals surface area contributed by atoms with Crippen molar-refractivity contribution in [1.29, 1.82) is 5.26 Å². The molecule has 1 unspecified atom stereocenters. The Hall–Kier alpha value is -3.25. The molecule has 0 aromatic heterocycles. The Morgan fingerprint density at radius 3 is 2.69 bits per heavy atom. The maximum absolute atomic E-state index is 13.5. The minimum atomic E-state index is -4.59. The van der Waals surface area contributed by atoms with Crippen molar-refractivity contribution in [3.05, 3.63) is 58.7 Å². The molecule has 1 amide bonds. The molecule has 2 aromatic rings. The summed E-state index contributed by atoms with van der Waals surface area (Å²) in [4.78, 5) is 17.2. The normalized spacial score (nSPS) is 21.2. The SMILES string of the molecule is CNC(=O)C1CN(Cc2ccc3c(c2)CCO3)CC12CCN(c1ccc(C#N)c(C(F)(F)F)c1)CC2. The van der Waals surface area contributed by atoms with Gasteiger partial charge in [0.1, 0.15) is 5.75 Å². The van der Waals surface area contributed by atoms with Gasteiger partial charge in [0.25, 0.3) is 0 Å². The van der Waals surface area contributed by atoms with Gasteiger partial charge < -0.3 is 15.0 Å². The number of carbonyl (C=O) groups is 1. The molecule has 2 aromatic carbocycles. The summed E-state index contributed by atoms with van der Waals surface area (Å²) in [5.41, 5.74) is 1.38. The predicted molar refractivity (Wildman–Crippen MR) is 129 cm³/mol. The molecule has 3 aliphatic heterocycles. The van der Waals surface area contributed by atoms with Gasteiger partial charge in [0.05, 0.1) is 29.7 Å². The number of piperidine rings is 1. The molecule has 36 heavy (non-hydrogen) atoms. The number of nitrogens with zero attached hydrogens (tertiary/aromatic N) is 3. The standard InChI is InChI=1S/C27H29F3N4O2/c1-32-25(35)23-16-33(15-18-2-5-24-19(12-18)6-11-36-24)17-26(23)7-9-34(10-8-26)21-4-3-20(14-31)22(13-21)27(28,29)30/h2-5,12-13,23H,6-11,15-17H2,1H3,(H,32,35). The molecule has 3 heterocycles. The first-order chi connectivity index (χ1) is 17.2. The van der Waals surface area contributed by atoms with Gasteiger partial charge in [-0.15, -0.1) is 0 Å². The lowest BCUT2D eigenvalue weighted by molar-refractivity contribution is -0.137. The second kappa shape index (κ2) is 9.32. The van der Waals surface area contributed by atoms with E-state index in [1.165, 1.54) is 17.2 Å². The van der Waals surface area contributed by atoms with Gasteiger partial charge in [-0.2, -0.15) is 18.4 Å². The number of likely N-dealkylation sites (tertiary alicyclic amines) is 1. The van der Waals surface area contributed by atoms with Crippen LogP contribution in [0.4, 0.5) is 18.9 Å². The molecular formula is C27H29F3N4O2. The molecule has 0 aliphatic carbocycles. The molecule has 0 saturated carbocycles. The lowest BCUT2D eigenvalue weighted by Crippen LogP contribution is -2.48. The Morgan fingerprint density at radius 1 is 1.22 bits per heavy atom. The first-order valence-electron chi connectivity index (χ1n) is 12.3. The number of amides is 1. The van der Waals surface area contributed by atoms with Crippen molar-refractivity contribution in [1.82, 2.24) is 10.2 Å². The number of ether oxygens (including phenoxy) is 1. The highest BCUT2D eigenvalue weighted by Crippen LogP contribution is 2.46. The number of hydrogen-bond acceptors (Lipinski definition) is 5. The highest BCUT2D eigenvalue weighted by atomic mass is 19.4. The van der Waals surface area contributed by atoms with Crippen molar-refractivity contribution < 1.29 is 22.7 Å². The predicted octanol–water partition coefficient (Wildman–Crippen LogP) is 3.98. The van der Waals surface area contributed by atoms with E-state index in [9.17, 15) is 18.0 Å². The third-order valence-electron chi connectivity index (χ3n) is 7.99. The number of hydrogen-bond donors (Lipinski definition) is 1. The van der Waals surface area contributed by atoms with E-state index in [0.717, 1.165) is 31.3 Å². The summed E-state index contributed by atoms with van der Waals surface area (Å²) in [6.45, 7) is 4.00. The fraction of sp³-hybridized carbons (Fsp3) is 0.481. The van der Waals surface area contributed by atoms with Crippen LogP contribution in [0.1, 0.15) is 35.1 Å². The zero-order chi connectivity index (χ0) is 25.5. The number of halogens is 3. The Labute approximate surface area is 208 Å². The highest BCUT2D eigenvalue weighted by molar-refractivity contribution is 5.80. The van der Waals surface area contributed by atoms with Crippen LogP contribution >= 0.6 is 0 Å². The fourth-order valence-corrected chi connectivity index (χ4v) is 6.10. The van der Waals surface area contributed by atoms with Gasteiger partial charge >= 0.3 is 6.18 Å². The number of anilines is 1. The summed E-state index contributed by atoms with van der Waals surface area (Å²) >= 11 is 0. The van der Waals surface area contributed by atoms with E-state index in [1.807, 2.05) is 11.0 Å². The highest BCUT2D eigenvalue weighted by Gasteiger charge is 2.51. The molecule has 2 saturated heterocycles. The fourth-order valence-electron chi connectivity index (χ4n) is 6.10. The van der Waals surface area contributed by atoms with Gasteiger partial charge in [0.15, 0.2) is 0 Å². The van der Waals surface area contributed by atoms with E-state index in [4.69, 9.17) is 10.00 Å². The minimum absolute atomic E-state index is 0.0195. The monoisotopic (exact) mass is 498 g/mol. The van der Waals surface area contributed by atoms with Crippen LogP contribution in [0.25, 0.3) is 0 Å². The number of carbonyl (C=O) groups excluding carboxylic acids is 1. The lowest BCUT2D eigenvalue weighted by atomic mass is 9.70. The quantitative estimate of drug-likeness (QED) is 0.691. The van der Waals surface area contributed by atoms with Crippen LogP contribution in [0.15, 0.2) is 36.4 Å². The van der Waals surface area contributed by atoms with Crippen LogP contribution in [-0.2, 0) is 23.9 Å². The third kappa shape index (κ3) is 4.50. The average molecular weight is 499 g/mol. The van der Waals surface area contributed by atoms with E-state index >= 15 is 0 Å². The summed E-state index contributed by atoms with van der Waals surface area (Å²) in [7, 11) is 1.66. The molecule has 5 rings (SSSR count). The number of rotatable bonds is 4. The van der Waals surface area contributed by atoms with Gasteiger partial charge in [0.2, 0.25) is 5.91 Å². The van der Waals surface area contributed by atoms with Crippen LogP contribution in [0.2, 0.25) is 0 Å². The summed E-state index contributed by atoms with van der Waals surface area (Å²) in [5.74, 6) is 0.795. The summed E-state index contributed by atoms with van der Waals surface area (Å²) in [6.07, 6.45) is -2.25. The zero-order valence-electron chi connectivity index (χ0n) is 20.2. The van der Waals surface area contributed by atoms with E-state index in [-0.39, 0.29) is 22.8 Å². The molecule has 3 aliphatic rings. The van der Waals surface area contributed by atoms with Crippen molar-refractivity contribution in [3.63, 3.8) is 0 Å². The molecule has 190 valence electrons. The molecule has 1 N–H and O–H groups in total. The van der Waals surface area contributed by atoms with Gasteiger partial charge in [-0.1, -0.05) is 12.1 Å². The zero-order valence-corrected chi connectivity index (χ0v) is 20.2. The van der Waals surface area contributed by atoms with E-state index in [1.54, 1.807) is 19.2 Å². The van der Waals surface area contributed by atoms with E-state index in [0.29, 0.717) is 44.8 Å². The molecule has 2 fully saturated rings. The van der Waals surface area contributed by atoms with Gasteiger partial charge in [0, 0.05) is 51.9 Å². The van der Waals surface area contributed by atoms with Crippen LogP contribution in [0.3, 0.4) is 0 Å². The number of alkyl halides is 3. The number of nitriles is 1. The summed E-state index contributed by atoms with van der Waals surface area (Å²) in [5, 5.41) is 11.9. The first kappa shape index (κ1) is 24.4. The molecule has 0 radical (unpaired) electrons. The Morgan fingerprint density at radius 2 is 2.00 bits per heavy atom.